The molecule has 0 heterocycles. The van der Waals surface area contributed by atoms with Crippen molar-refractivity contribution < 1.29 is 0 Å². The molecule has 0 saturated heterocycles. The monoisotopic (exact) mass is 395 g/mol. The number of hydrogen-bond donors (Lipinski definition) is 1. The van der Waals surface area contributed by atoms with Crippen molar-refractivity contribution >= 4 is 11.8 Å². The van der Waals surface area contributed by atoms with Crippen molar-refractivity contribution in [3.05, 3.63) is 138 Å². The van der Waals surface area contributed by atoms with Crippen LogP contribution in [0.2, 0.25) is 0 Å². The SMILES string of the molecule is c1ccc(CN[C@H](c2ccccc2)[C@H](Sc2ccccc2)c2ccccc2)cc1. The molecule has 144 valence electrons. The first-order valence-electron chi connectivity index (χ1n) is 9.99. The van der Waals surface area contributed by atoms with Gasteiger partial charge in [0, 0.05) is 17.5 Å². The fraction of sp³-hybridized carbons (Fsp3) is 0.111. The van der Waals surface area contributed by atoms with Crippen LogP contribution < -0.4 is 5.32 Å². The van der Waals surface area contributed by atoms with Crippen LogP contribution >= 0.6 is 11.8 Å². The average molecular weight is 396 g/mol. The Balaban J connectivity index is 1.68. The van der Waals surface area contributed by atoms with Crippen LogP contribution in [0.25, 0.3) is 0 Å². The Hall–Kier alpha value is -2.81. The molecule has 2 atom stereocenters. The molecule has 0 aliphatic carbocycles. The molecule has 4 aromatic rings. The van der Waals surface area contributed by atoms with Gasteiger partial charge >= 0.3 is 0 Å². The maximum Gasteiger partial charge on any atom is 0.0539 e. The Morgan fingerprint density at radius 2 is 1.03 bits per heavy atom. The summed E-state index contributed by atoms with van der Waals surface area (Å²) in [5, 5.41) is 4.10. The van der Waals surface area contributed by atoms with E-state index >= 15 is 0 Å². The molecule has 0 bridgehead atoms. The summed E-state index contributed by atoms with van der Waals surface area (Å²) in [6.07, 6.45) is 0. The molecule has 0 unspecified atom stereocenters. The van der Waals surface area contributed by atoms with Crippen LogP contribution in [-0.2, 0) is 6.54 Å². The molecule has 0 aliphatic heterocycles. The molecular weight excluding hydrogens is 370 g/mol. The summed E-state index contributed by atoms with van der Waals surface area (Å²) in [6, 6.07) is 43.1. The van der Waals surface area contributed by atoms with Gasteiger partial charge in [-0.15, -0.1) is 11.8 Å². The highest BCUT2D eigenvalue weighted by atomic mass is 32.2. The Bertz CT molecular complexity index is 972. The number of benzene rings is 4. The highest BCUT2D eigenvalue weighted by Crippen LogP contribution is 2.44. The smallest absolute Gasteiger partial charge is 0.0539 e. The molecule has 4 rings (SSSR count). The molecule has 0 spiro atoms. The summed E-state index contributed by atoms with van der Waals surface area (Å²) in [6.45, 7) is 0.832. The number of rotatable bonds is 8. The van der Waals surface area contributed by atoms with Crippen LogP contribution in [0.15, 0.2) is 126 Å². The van der Waals surface area contributed by atoms with Gasteiger partial charge in [-0.25, -0.2) is 0 Å². The number of thioether (sulfide) groups is 1. The van der Waals surface area contributed by atoms with Crippen molar-refractivity contribution in [1.29, 1.82) is 0 Å². The first kappa shape index (κ1) is 19.5. The van der Waals surface area contributed by atoms with E-state index in [-0.39, 0.29) is 11.3 Å². The van der Waals surface area contributed by atoms with Crippen molar-refractivity contribution in [2.24, 2.45) is 0 Å². The second kappa shape index (κ2) is 10.1. The topological polar surface area (TPSA) is 12.0 Å². The van der Waals surface area contributed by atoms with Crippen molar-refractivity contribution in [2.45, 2.75) is 22.7 Å². The highest BCUT2D eigenvalue weighted by Gasteiger charge is 2.25. The minimum atomic E-state index is 0.184. The summed E-state index contributed by atoms with van der Waals surface area (Å²) in [5.74, 6) is 0. The minimum absolute atomic E-state index is 0.184. The van der Waals surface area contributed by atoms with E-state index in [1.165, 1.54) is 21.6 Å². The quantitative estimate of drug-likeness (QED) is 0.321. The Labute approximate surface area is 177 Å². The van der Waals surface area contributed by atoms with E-state index in [9.17, 15) is 0 Å². The standard InChI is InChI=1S/C27H25NS/c1-5-13-22(14-6-1)21-28-26(23-15-7-2-8-16-23)27(24-17-9-3-10-18-24)29-25-19-11-4-12-20-25/h1-20,26-28H,21H2/t26-,27-/m1/s1. The van der Waals surface area contributed by atoms with Crippen LogP contribution in [0.4, 0.5) is 0 Å². The van der Waals surface area contributed by atoms with Gasteiger partial charge in [-0.1, -0.05) is 109 Å². The fourth-order valence-corrected chi connectivity index (χ4v) is 4.79. The van der Waals surface area contributed by atoms with Gasteiger partial charge in [-0.05, 0) is 28.8 Å². The van der Waals surface area contributed by atoms with Gasteiger partial charge < -0.3 is 5.32 Å². The molecular formula is C27H25NS. The first-order chi connectivity index (χ1) is 14.4. The van der Waals surface area contributed by atoms with Gasteiger partial charge in [-0.2, -0.15) is 0 Å². The van der Waals surface area contributed by atoms with E-state index in [4.69, 9.17) is 0 Å². The maximum atomic E-state index is 3.85. The molecule has 0 aromatic heterocycles. The van der Waals surface area contributed by atoms with E-state index in [0.717, 1.165) is 6.54 Å². The molecule has 0 radical (unpaired) electrons. The fourth-order valence-electron chi connectivity index (χ4n) is 3.50. The highest BCUT2D eigenvalue weighted by molar-refractivity contribution is 7.99. The molecule has 29 heavy (non-hydrogen) atoms. The summed E-state index contributed by atoms with van der Waals surface area (Å²) < 4.78 is 0. The van der Waals surface area contributed by atoms with Crippen LogP contribution in [-0.4, -0.2) is 0 Å². The summed E-state index contributed by atoms with van der Waals surface area (Å²) in [5.41, 5.74) is 3.93. The average Bonchev–Trinajstić information content (AvgIpc) is 2.81. The summed E-state index contributed by atoms with van der Waals surface area (Å²) in [7, 11) is 0. The predicted molar refractivity (Wildman–Crippen MR) is 124 cm³/mol. The molecule has 0 amide bonds. The van der Waals surface area contributed by atoms with E-state index in [0.29, 0.717) is 0 Å². The van der Waals surface area contributed by atoms with Gasteiger partial charge in [0.05, 0.1) is 5.25 Å². The van der Waals surface area contributed by atoms with Crippen LogP contribution in [0.5, 0.6) is 0 Å². The zero-order chi connectivity index (χ0) is 19.7. The Kier molecular flexibility index (Phi) is 6.80. The van der Waals surface area contributed by atoms with Crippen molar-refractivity contribution in [3.8, 4) is 0 Å². The van der Waals surface area contributed by atoms with Gasteiger partial charge in [0.15, 0.2) is 0 Å². The lowest BCUT2D eigenvalue weighted by Gasteiger charge is -2.29. The molecule has 1 nitrogen and oxygen atoms in total. The molecule has 4 aromatic carbocycles. The molecule has 0 saturated carbocycles. The van der Waals surface area contributed by atoms with E-state index in [1.54, 1.807) is 0 Å². The third kappa shape index (κ3) is 5.38. The lowest BCUT2D eigenvalue weighted by molar-refractivity contribution is 0.522. The predicted octanol–water partition coefficient (Wildman–Crippen LogP) is 7.05. The third-order valence-electron chi connectivity index (χ3n) is 4.96. The van der Waals surface area contributed by atoms with Crippen molar-refractivity contribution in [3.63, 3.8) is 0 Å². The maximum absolute atomic E-state index is 3.85. The largest absolute Gasteiger partial charge is 0.305 e. The summed E-state index contributed by atoms with van der Waals surface area (Å²) in [4.78, 5) is 1.28. The van der Waals surface area contributed by atoms with Crippen molar-refractivity contribution in [2.75, 3.05) is 0 Å². The van der Waals surface area contributed by atoms with Gasteiger partial charge in [-0.3, -0.25) is 0 Å². The van der Waals surface area contributed by atoms with E-state index in [1.807, 2.05) is 11.8 Å². The second-order valence-electron chi connectivity index (χ2n) is 7.02. The van der Waals surface area contributed by atoms with Crippen LogP contribution in [0.1, 0.15) is 28.0 Å². The van der Waals surface area contributed by atoms with Crippen LogP contribution in [0.3, 0.4) is 0 Å². The van der Waals surface area contributed by atoms with Gasteiger partial charge in [0.1, 0.15) is 0 Å². The molecule has 1 N–H and O–H groups in total. The van der Waals surface area contributed by atoms with Crippen molar-refractivity contribution in [1.82, 2.24) is 5.32 Å². The van der Waals surface area contributed by atoms with Crippen LogP contribution in [0, 0.1) is 0 Å². The Morgan fingerprint density at radius 3 is 1.62 bits per heavy atom. The second-order valence-corrected chi connectivity index (χ2v) is 8.23. The normalized spacial score (nSPS) is 13.0. The van der Waals surface area contributed by atoms with Gasteiger partial charge in [0.2, 0.25) is 0 Å². The lowest BCUT2D eigenvalue weighted by atomic mass is 9.98. The number of hydrogen-bond acceptors (Lipinski definition) is 2. The molecule has 0 aliphatic rings. The zero-order valence-electron chi connectivity index (χ0n) is 16.3. The minimum Gasteiger partial charge on any atom is -0.305 e. The molecule has 2 heteroatoms. The van der Waals surface area contributed by atoms with E-state index < -0.39 is 0 Å². The Morgan fingerprint density at radius 1 is 0.552 bits per heavy atom. The molecule has 0 fully saturated rings. The third-order valence-corrected chi connectivity index (χ3v) is 6.31. The zero-order valence-corrected chi connectivity index (χ0v) is 17.1. The lowest BCUT2D eigenvalue weighted by Crippen LogP contribution is -2.25. The van der Waals surface area contributed by atoms with Gasteiger partial charge in [0.25, 0.3) is 0 Å². The summed E-state index contributed by atoms with van der Waals surface area (Å²) >= 11 is 1.92. The number of nitrogens with one attached hydrogen (secondary N) is 1. The first-order valence-corrected chi connectivity index (χ1v) is 10.9. The van der Waals surface area contributed by atoms with E-state index in [2.05, 4.69) is 127 Å².